The number of nitrogens with one attached hydrogen (secondary N) is 1. The van der Waals surface area contributed by atoms with Crippen LogP contribution in [0.15, 0.2) is 93.9 Å². The van der Waals surface area contributed by atoms with Crippen LogP contribution in [0.1, 0.15) is 11.1 Å². The van der Waals surface area contributed by atoms with Gasteiger partial charge in [0.1, 0.15) is 0 Å². The molecule has 0 aliphatic carbocycles. The highest BCUT2D eigenvalue weighted by Crippen LogP contribution is 2.21. The minimum atomic E-state index is -0.282. The first-order chi connectivity index (χ1) is 15.1. The van der Waals surface area contributed by atoms with Gasteiger partial charge >= 0.3 is 0 Å². The van der Waals surface area contributed by atoms with E-state index < -0.39 is 0 Å². The number of carbonyl (C=O) groups excluding carboxylic acids is 1. The van der Waals surface area contributed by atoms with Gasteiger partial charge in [-0.25, -0.2) is 10.4 Å². The third kappa shape index (κ3) is 4.90. The summed E-state index contributed by atoms with van der Waals surface area (Å²) in [5, 5.41) is 5.00. The van der Waals surface area contributed by atoms with E-state index in [4.69, 9.17) is 0 Å². The van der Waals surface area contributed by atoms with Gasteiger partial charge in [0.05, 0.1) is 28.6 Å². The standard InChI is InChI=1S/C24H20N4O2S/c1-17-8-7-9-18(14-17)15-25-27-22(29)16-31-24-26-21-13-6-5-12-20(21)23(30)28(24)19-10-3-2-4-11-19/h2-15H,16H2,1H3,(H,27,29)/b25-15+. The van der Waals surface area contributed by atoms with Crippen molar-refractivity contribution in [3.05, 3.63) is 100 Å². The zero-order valence-corrected chi connectivity index (χ0v) is 17.7. The van der Waals surface area contributed by atoms with Crippen LogP contribution in [0.5, 0.6) is 0 Å². The summed E-state index contributed by atoms with van der Waals surface area (Å²) in [7, 11) is 0. The fraction of sp³-hybridized carbons (Fsp3) is 0.0833. The third-order valence-electron chi connectivity index (χ3n) is 4.54. The number of amides is 1. The fourth-order valence-electron chi connectivity index (χ4n) is 3.11. The van der Waals surface area contributed by atoms with Gasteiger partial charge in [-0.3, -0.25) is 14.2 Å². The van der Waals surface area contributed by atoms with Gasteiger partial charge in [-0.15, -0.1) is 0 Å². The second-order valence-electron chi connectivity index (χ2n) is 6.88. The smallest absolute Gasteiger partial charge is 0.266 e. The first-order valence-corrected chi connectivity index (χ1v) is 10.7. The summed E-state index contributed by atoms with van der Waals surface area (Å²) >= 11 is 1.19. The maximum Gasteiger partial charge on any atom is 0.266 e. The molecule has 154 valence electrons. The van der Waals surface area contributed by atoms with E-state index in [1.165, 1.54) is 16.3 Å². The van der Waals surface area contributed by atoms with Crippen LogP contribution in [0.3, 0.4) is 0 Å². The van der Waals surface area contributed by atoms with E-state index in [1.54, 1.807) is 18.3 Å². The van der Waals surface area contributed by atoms with E-state index in [0.717, 1.165) is 11.1 Å². The summed E-state index contributed by atoms with van der Waals surface area (Å²) in [6, 6.07) is 24.3. The molecule has 0 aliphatic heterocycles. The third-order valence-corrected chi connectivity index (χ3v) is 5.48. The van der Waals surface area contributed by atoms with Crippen LogP contribution in [-0.2, 0) is 4.79 Å². The predicted molar refractivity (Wildman–Crippen MR) is 125 cm³/mol. The summed E-state index contributed by atoms with van der Waals surface area (Å²) < 4.78 is 1.54. The number of hydrogen-bond acceptors (Lipinski definition) is 5. The molecule has 0 atom stereocenters. The maximum atomic E-state index is 13.1. The van der Waals surface area contributed by atoms with Crippen LogP contribution < -0.4 is 11.0 Å². The zero-order valence-electron chi connectivity index (χ0n) is 16.9. The number of nitrogens with zero attached hydrogens (tertiary/aromatic N) is 3. The Bertz CT molecular complexity index is 1320. The number of aromatic nitrogens is 2. The Morgan fingerprint density at radius 1 is 1.06 bits per heavy atom. The topological polar surface area (TPSA) is 76.3 Å². The number of hydrazone groups is 1. The minimum absolute atomic E-state index is 0.0722. The Morgan fingerprint density at radius 3 is 2.65 bits per heavy atom. The molecule has 1 N–H and O–H groups in total. The molecular formula is C24H20N4O2S. The Kier molecular flexibility index (Phi) is 6.24. The number of benzene rings is 3. The van der Waals surface area contributed by atoms with Gasteiger partial charge in [0.2, 0.25) is 0 Å². The Balaban J connectivity index is 1.55. The molecule has 0 unspecified atom stereocenters. The summed E-state index contributed by atoms with van der Waals surface area (Å²) in [6.07, 6.45) is 1.60. The molecule has 0 saturated heterocycles. The van der Waals surface area contributed by atoms with Crippen LogP contribution in [0.25, 0.3) is 16.6 Å². The molecular weight excluding hydrogens is 408 g/mol. The van der Waals surface area contributed by atoms with E-state index in [0.29, 0.717) is 21.7 Å². The van der Waals surface area contributed by atoms with E-state index in [9.17, 15) is 9.59 Å². The molecule has 7 heteroatoms. The van der Waals surface area contributed by atoms with E-state index in [2.05, 4.69) is 15.5 Å². The van der Waals surface area contributed by atoms with Crippen molar-refractivity contribution in [3.63, 3.8) is 0 Å². The molecule has 0 bridgehead atoms. The molecule has 6 nitrogen and oxygen atoms in total. The number of fused-ring (bicyclic) bond motifs is 1. The summed E-state index contributed by atoms with van der Waals surface area (Å²) in [5.41, 5.74) is 5.68. The zero-order chi connectivity index (χ0) is 21.6. The van der Waals surface area contributed by atoms with Crippen LogP contribution >= 0.6 is 11.8 Å². The van der Waals surface area contributed by atoms with Crippen LogP contribution in [0, 0.1) is 6.92 Å². The lowest BCUT2D eigenvalue weighted by Crippen LogP contribution is -2.24. The van der Waals surface area contributed by atoms with Crippen LogP contribution in [0.4, 0.5) is 0 Å². The van der Waals surface area contributed by atoms with E-state index in [1.807, 2.05) is 73.7 Å². The van der Waals surface area contributed by atoms with Crippen molar-refractivity contribution in [2.45, 2.75) is 12.1 Å². The highest BCUT2D eigenvalue weighted by molar-refractivity contribution is 7.99. The van der Waals surface area contributed by atoms with Crippen molar-refractivity contribution >= 4 is 34.8 Å². The van der Waals surface area contributed by atoms with Gasteiger partial charge in [0.15, 0.2) is 5.16 Å². The highest BCUT2D eigenvalue weighted by Gasteiger charge is 2.14. The monoisotopic (exact) mass is 428 g/mol. The highest BCUT2D eigenvalue weighted by atomic mass is 32.2. The van der Waals surface area contributed by atoms with E-state index in [-0.39, 0.29) is 17.2 Å². The lowest BCUT2D eigenvalue weighted by molar-refractivity contribution is -0.118. The summed E-state index contributed by atoms with van der Waals surface area (Å²) in [4.78, 5) is 30.1. The number of thioether (sulfide) groups is 1. The average molecular weight is 429 g/mol. The van der Waals surface area contributed by atoms with Gasteiger partial charge in [0, 0.05) is 0 Å². The predicted octanol–water partition coefficient (Wildman–Crippen LogP) is 3.94. The van der Waals surface area contributed by atoms with Crippen molar-refractivity contribution in [2.75, 3.05) is 5.75 Å². The Hall–Kier alpha value is -3.71. The molecule has 0 radical (unpaired) electrons. The number of rotatable bonds is 6. The SMILES string of the molecule is Cc1cccc(/C=N/NC(=O)CSc2nc3ccccc3c(=O)n2-c2ccccc2)c1. The second kappa shape index (κ2) is 9.40. The molecule has 1 heterocycles. The fourth-order valence-corrected chi connectivity index (χ4v) is 3.91. The second-order valence-corrected chi connectivity index (χ2v) is 7.83. The molecule has 0 fully saturated rings. The van der Waals surface area contributed by atoms with Crippen molar-refractivity contribution in [1.29, 1.82) is 0 Å². The average Bonchev–Trinajstić information content (AvgIpc) is 2.78. The van der Waals surface area contributed by atoms with Crippen LogP contribution in [0.2, 0.25) is 0 Å². The summed E-state index contributed by atoms with van der Waals surface area (Å²) in [5.74, 6) is -0.209. The molecule has 0 saturated carbocycles. The van der Waals surface area contributed by atoms with Gasteiger partial charge in [-0.1, -0.05) is 71.9 Å². The molecule has 4 rings (SSSR count). The lowest BCUT2D eigenvalue weighted by atomic mass is 10.2. The normalized spacial score (nSPS) is 11.1. The molecule has 1 aromatic heterocycles. The van der Waals surface area contributed by atoms with Crippen molar-refractivity contribution in [3.8, 4) is 5.69 Å². The molecule has 1 amide bonds. The first kappa shape index (κ1) is 20.6. The Labute approximate surface area is 183 Å². The van der Waals surface area contributed by atoms with Crippen molar-refractivity contribution < 1.29 is 4.79 Å². The van der Waals surface area contributed by atoms with Gasteiger partial charge in [-0.2, -0.15) is 5.10 Å². The van der Waals surface area contributed by atoms with Gasteiger partial charge in [0.25, 0.3) is 11.5 Å². The molecule has 3 aromatic carbocycles. The van der Waals surface area contributed by atoms with Gasteiger partial charge < -0.3 is 0 Å². The van der Waals surface area contributed by atoms with E-state index >= 15 is 0 Å². The molecule has 0 aliphatic rings. The Morgan fingerprint density at radius 2 is 1.84 bits per heavy atom. The number of carbonyl (C=O) groups is 1. The van der Waals surface area contributed by atoms with Crippen molar-refractivity contribution in [2.24, 2.45) is 5.10 Å². The minimum Gasteiger partial charge on any atom is -0.272 e. The number of para-hydroxylation sites is 2. The van der Waals surface area contributed by atoms with Crippen molar-refractivity contribution in [1.82, 2.24) is 15.0 Å². The van der Waals surface area contributed by atoms with Crippen LogP contribution in [-0.4, -0.2) is 27.4 Å². The lowest BCUT2D eigenvalue weighted by Gasteiger charge is -2.12. The largest absolute Gasteiger partial charge is 0.272 e. The molecule has 0 spiro atoms. The maximum absolute atomic E-state index is 13.1. The number of aryl methyl sites for hydroxylation is 1. The molecule has 4 aromatic rings. The quantitative estimate of drug-likeness (QED) is 0.218. The molecule has 31 heavy (non-hydrogen) atoms. The van der Waals surface area contributed by atoms with Gasteiger partial charge in [-0.05, 0) is 36.8 Å². The number of hydrogen-bond donors (Lipinski definition) is 1. The first-order valence-electron chi connectivity index (χ1n) is 9.70. The summed E-state index contributed by atoms with van der Waals surface area (Å²) in [6.45, 7) is 2.00.